The van der Waals surface area contributed by atoms with Crippen LogP contribution in [0.25, 0.3) is 11.3 Å². The molecule has 4 nitrogen and oxygen atoms in total. The van der Waals surface area contributed by atoms with Crippen molar-refractivity contribution >= 4 is 22.7 Å². The zero-order valence-corrected chi connectivity index (χ0v) is 18.5. The molecule has 5 heteroatoms. The Balaban J connectivity index is 1.36. The number of rotatable bonds is 13. The summed E-state index contributed by atoms with van der Waals surface area (Å²) >= 11 is 1.54. The molecule has 0 unspecified atom stereocenters. The van der Waals surface area contributed by atoms with Crippen molar-refractivity contribution in [2.45, 2.75) is 51.9 Å². The smallest absolute Gasteiger partial charge is 0.203 e. The SMILES string of the molecule is CCCCCCCCCOc1ccc(C=NNc2nc(-c3ccccc3)cs2)cc1. The van der Waals surface area contributed by atoms with Crippen molar-refractivity contribution in [1.82, 2.24) is 4.98 Å². The fourth-order valence-electron chi connectivity index (χ4n) is 3.13. The van der Waals surface area contributed by atoms with Gasteiger partial charge in [0.05, 0.1) is 18.5 Å². The fraction of sp³-hybridized carbons (Fsp3) is 0.360. The Bertz CT molecular complexity index is 875. The molecule has 0 atom stereocenters. The monoisotopic (exact) mass is 421 g/mol. The Morgan fingerprint density at radius 1 is 0.933 bits per heavy atom. The summed E-state index contributed by atoms with van der Waals surface area (Å²) in [5, 5.41) is 7.11. The van der Waals surface area contributed by atoms with E-state index in [-0.39, 0.29) is 0 Å². The van der Waals surface area contributed by atoms with Gasteiger partial charge in [-0.25, -0.2) is 4.98 Å². The predicted molar refractivity (Wildman–Crippen MR) is 129 cm³/mol. The summed E-state index contributed by atoms with van der Waals surface area (Å²) in [6.07, 6.45) is 10.9. The van der Waals surface area contributed by atoms with E-state index in [0.717, 1.165) is 40.7 Å². The zero-order chi connectivity index (χ0) is 20.9. The van der Waals surface area contributed by atoms with Gasteiger partial charge in [-0.1, -0.05) is 75.8 Å². The van der Waals surface area contributed by atoms with E-state index in [1.165, 1.54) is 38.5 Å². The summed E-state index contributed by atoms with van der Waals surface area (Å²) in [4.78, 5) is 4.57. The molecule has 2 aromatic carbocycles. The zero-order valence-electron chi connectivity index (χ0n) is 17.7. The van der Waals surface area contributed by atoms with Crippen molar-refractivity contribution in [2.75, 3.05) is 12.0 Å². The number of hydrogen-bond donors (Lipinski definition) is 1. The van der Waals surface area contributed by atoms with Crippen LogP contribution in [-0.4, -0.2) is 17.8 Å². The first-order valence-electron chi connectivity index (χ1n) is 10.9. The highest BCUT2D eigenvalue weighted by molar-refractivity contribution is 7.14. The first-order chi connectivity index (χ1) is 14.8. The second-order valence-corrected chi connectivity index (χ2v) is 8.17. The lowest BCUT2D eigenvalue weighted by Crippen LogP contribution is -1.97. The summed E-state index contributed by atoms with van der Waals surface area (Å²) in [5.74, 6) is 0.915. The average molecular weight is 422 g/mol. The van der Waals surface area contributed by atoms with Crippen molar-refractivity contribution in [1.29, 1.82) is 0 Å². The van der Waals surface area contributed by atoms with Crippen LogP contribution in [0.1, 0.15) is 57.4 Å². The van der Waals surface area contributed by atoms with E-state index >= 15 is 0 Å². The highest BCUT2D eigenvalue weighted by Crippen LogP contribution is 2.24. The second kappa shape index (κ2) is 12.8. The number of thiazole rings is 1. The van der Waals surface area contributed by atoms with Crippen LogP contribution in [0.15, 0.2) is 65.1 Å². The van der Waals surface area contributed by atoms with Crippen molar-refractivity contribution in [3.63, 3.8) is 0 Å². The maximum Gasteiger partial charge on any atom is 0.203 e. The molecule has 30 heavy (non-hydrogen) atoms. The molecule has 0 aliphatic heterocycles. The van der Waals surface area contributed by atoms with Gasteiger partial charge in [-0.15, -0.1) is 11.3 Å². The van der Waals surface area contributed by atoms with Gasteiger partial charge in [-0.05, 0) is 36.2 Å². The fourth-order valence-corrected chi connectivity index (χ4v) is 3.80. The van der Waals surface area contributed by atoms with Gasteiger partial charge in [0.25, 0.3) is 0 Å². The molecule has 0 saturated heterocycles. The number of nitrogens with zero attached hydrogens (tertiary/aromatic N) is 2. The maximum absolute atomic E-state index is 5.84. The number of benzene rings is 2. The van der Waals surface area contributed by atoms with E-state index in [2.05, 4.69) is 34.6 Å². The Morgan fingerprint density at radius 2 is 1.67 bits per heavy atom. The highest BCUT2D eigenvalue weighted by Gasteiger charge is 2.02. The molecule has 0 spiro atoms. The number of anilines is 1. The molecule has 1 N–H and O–H groups in total. The molecular weight excluding hydrogens is 390 g/mol. The Kier molecular flexibility index (Phi) is 9.41. The molecule has 0 aliphatic rings. The summed E-state index contributed by atoms with van der Waals surface area (Å²) in [7, 11) is 0. The third-order valence-electron chi connectivity index (χ3n) is 4.84. The van der Waals surface area contributed by atoms with Gasteiger partial charge in [0.1, 0.15) is 5.75 Å². The number of nitrogens with one attached hydrogen (secondary N) is 1. The van der Waals surface area contributed by atoms with Crippen molar-refractivity contribution in [2.24, 2.45) is 5.10 Å². The first kappa shape index (κ1) is 22.0. The first-order valence-corrected chi connectivity index (χ1v) is 11.8. The number of aromatic nitrogens is 1. The van der Waals surface area contributed by atoms with E-state index in [9.17, 15) is 0 Å². The van der Waals surface area contributed by atoms with Crippen molar-refractivity contribution in [3.8, 4) is 17.0 Å². The molecule has 0 radical (unpaired) electrons. The molecule has 0 bridgehead atoms. The minimum Gasteiger partial charge on any atom is -0.494 e. The summed E-state index contributed by atoms with van der Waals surface area (Å²) in [6.45, 7) is 3.04. The minimum atomic E-state index is 0.778. The molecule has 3 rings (SSSR count). The van der Waals surface area contributed by atoms with Gasteiger partial charge in [-0.2, -0.15) is 5.10 Å². The molecule has 1 heterocycles. The Labute approximate surface area is 184 Å². The van der Waals surface area contributed by atoms with Crippen LogP contribution in [0.3, 0.4) is 0 Å². The molecule has 158 valence electrons. The molecule has 0 amide bonds. The van der Waals surface area contributed by atoms with Crippen molar-refractivity contribution in [3.05, 3.63) is 65.5 Å². The van der Waals surface area contributed by atoms with Gasteiger partial charge < -0.3 is 4.74 Å². The van der Waals surface area contributed by atoms with Gasteiger partial charge >= 0.3 is 0 Å². The third-order valence-corrected chi connectivity index (χ3v) is 5.59. The standard InChI is InChI=1S/C25H31N3OS/c1-2-3-4-5-6-7-11-18-29-23-16-14-21(15-17-23)19-26-28-25-27-24(20-30-25)22-12-9-8-10-13-22/h8-10,12-17,19-20H,2-7,11,18H2,1H3,(H,27,28). The highest BCUT2D eigenvalue weighted by atomic mass is 32.1. The molecule has 3 aromatic rings. The number of hydrogen-bond acceptors (Lipinski definition) is 5. The van der Waals surface area contributed by atoms with Gasteiger partial charge in [-0.3, -0.25) is 5.43 Å². The van der Waals surface area contributed by atoms with Crippen LogP contribution < -0.4 is 10.2 Å². The van der Waals surface area contributed by atoms with E-state index in [1.54, 1.807) is 17.6 Å². The van der Waals surface area contributed by atoms with Crippen molar-refractivity contribution < 1.29 is 4.74 Å². The molecule has 0 aliphatic carbocycles. The predicted octanol–water partition coefficient (Wildman–Crippen LogP) is 7.39. The van der Waals surface area contributed by atoms with Gasteiger partial charge in [0, 0.05) is 10.9 Å². The van der Waals surface area contributed by atoms with Crippen LogP contribution >= 0.6 is 11.3 Å². The van der Waals surface area contributed by atoms with Crippen LogP contribution in [0.2, 0.25) is 0 Å². The largest absolute Gasteiger partial charge is 0.494 e. The maximum atomic E-state index is 5.84. The summed E-state index contributed by atoms with van der Waals surface area (Å²) in [5.41, 5.74) is 6.10. The topological polar surface area (TPSA) is 46.5 Å². The Morgan fingerprint density at radius 3 is 2.43 bits per heavy atom. The van der Waals surface area contributed by atoms with E-state index in [4.69, 9.17) is 4.74 Å². The Hall–Kier alpha value is -2.66. The second-order valence-electron chi connectivity index (χ2n) is 7.31. The molecule has 1 aromatic heterocycles. The van der Waals surface area contributed by atoms with Gasteiger partial charge in [0.15, 0.2) is 0 Å². The minimum absolute atomic E-state index is 0.778. The average Bonchev–Trinajstić information content (AvgIpc) is 3.26. The normalized spacial score (nSPS) is 11.1. The quantitative estimate of drug-likeness (QED) is 0.178. The van der Waals surface area contributed by atoms with Crippen LogP contribution in [0.4, 0.5) is 5.13 Å². The summed E-state index contributed by atoms with van der Waals surface area (Å²) in [6, 6.07) is 18.2. The molecule has 0 saturated carbocycles. The van der Waals surface area contributed by atoms with Gasteiger partial charge in [0.2, 0.25) is 5.13 Å². The third kappa shape index (κ3) is 7.64. The number of ether oxygens (including phenoxy) is 1. The number of unbranched alkanes of at least 4 members (excludes halogenated alkanes) is 6. The lowest BCUT2D eigenvalue weighted by molar-refractivity contribution is 0.304. The van der Waals surface area contributed by atoms with E-state index in [1.807, 2.05) is 47.8 Å². The van der Waals surface area contributed by atoms with Crippen LogP contribution in [0, 0.1) is 0 Å². The van der Waals surface area contributed by atoms with E-state index < -0.39 is 0 Å². The lowest BCUT2D eigenvalue weighted by Gasteiger charge is -2.06. The lowest BCUT2D eigenvalue weighted by atomic mass is 10.1. The van der Waals surface area contributed by atoms with E-state index in [0.29, 0.717) is 0 Å². The van der Waals surface area contributed by atoms with Crippen LogP contribution in [0.5, 0.6) is 5.75 Å². The number of hydrazone groups is 1. The molecule has 0 fully saturated rings. The summed E-state index contributed by atoms with van der Waals surface area (Å²) < 4.78 is 5.84. The molecular formula is C25H31N3OS. The van der Waals surface area contributed by atoms with Crippen LogP contribution in [-0.2, 0) is 0 Å².